The van der Waals surface area contributed by atoms with E-state index in [1.807, 2.05) is 0 Å². The smallest absolute Gasteiger partial charge is 0.308 e. The van der Waals surface area contributed by atoms with Crippen LogP contribution < -0.4 is 0 Å². The molecular weight excluding hydrogens is 276 g/mol. The Morgan fingerprint density at radius 1 is 1.43 bits per heavy atom. The predicted octanol–water partition coefficient (Wildman–Crippen LogP) is 1.84. The zero-order valence-corrected chi connectivity index (χ0v) is 11.6. The first kappa shape index (κ1) is 15.0. The van der Waals surface area contributed by atoms with Crippen molar-refractivity contribution in [1.29, 1.82) is 0 Å². The molecule has 1 atom stereocenters. The molecule has 21 heavy (non-hydrogen) atoms. The lowest BCUT2D eigenvalue weighted by Crippen LogP contribution is -2.42. The Kier molecular flexibility index (Phi) is 4.21. The Morgan fingerprint density at radius 3 is 2.76 bits per heavy atom. The van der Waals surface area contributed by atoms with Gasteiger partial charge in [0, 0.05) is 18.7 Å². The minimum absolute atomic E-state index is 0.0195. The lowest BCUT2D eigenvalue weighted by Gasteiger charge is -2.30. The topological polar surface area (TPSA) is 101 Å². The van der Waals surface area contributed by atoms with Crippen LogP contribution in [0.4, 0.5) is 5.69 Å². The summed E-state index contributed by atoms with van der Waals surface area (Å²) in [6, 6.07) is 4.58. The molecule has 1 unspecified atom stereocenters. The van der Waals surface area contributed by atoms with Crippen molar-refractivity contribution < 1.29 is 19.6 Å². The Hall–Kier alpha value is -2.44. The molecule has 1 aliphatic heterocycles. The number of benzene rings is 1. The number of piperidine rings is 1. The molecule has 1 fully saturated rings. The van der Waals surface area contributed by atoms with E-state index in [-0.39, 0.29) is 17.8 Å². The lowest BCUT2D eigenvalue weighted by atomic mass is 9.97. The van der Waals surface area contributed by atoms with Gasteiger partial charge in [0.2, 0.25) is 0 Å². The number of para-hydroxylation sites is 1. The van der Waals surface area contributed by atoms with Crippen LogP contribution in [-0.2, 0) is 4.79 Å². The quantitative estimate of drug-likeness (QED) is 0.676. The summed E-state index contributed by atoms with van der Waals surface area (Å²) in [6.45, 7) is 2.10. The van der Waals surface area contributed by atoms with Gasteiger partial charge >= 0.3 is 5.97 Å². The van der Waals surface area contributed by atoms with E-state index in [2.05, 4.69) is 0 Å². The fourth-order valence-electron chi connectivity index (χ4n) is 2.61. The van der Waals surface area contributed by atoms with E-state index < -0.39 is 22.7 Å². The highest BCUT2D eigenvalue weighted by atomic mass is 16.6. The number of hydrogen-bond donors (Lipinski definition) is 1. The first-order valence-corrected chi connectivity index (χ1v) is 6.68. The summed E-state index contributed by atoms with van der Waals surface area (Å²) < 4.78 is 0. The van der Waals surface area contributed by atoms with Crippen molar-refractivity contribution in [2.24, 2.45) is 5.92 Å². The lowest BCUT2D eigenvalue weighted by molar-refractivity contribution is -0.385. The molecule has 1 saturated heterocycles. The molecule has 1 N–H and O–H groups in total. The van der Waals surface area contributed by atoms with E-state index >= 15 is 0 Å². The van der Waals surface area contributed by atoms with Crippen molar-refractivity contribution in [3.8, 4) is 0 Å². The zero-order valence-electron chi connectivity index (χ0n) is 11.6. The van der Waals surface area contributed by atoms with Crippen LogP contribution in [-0.4, -0.2) is 39.9 Å². The van der Waals surface area contributed by atoms with E-state index in [1.54, 1.807) is 19.1 Å². The number of nitrogens with zero attached hydrogens (tertiary/aromatic N) is 2. The average Bonchev–Trinajstić information content (AvgIpc) is 2.45. The molecule has 0 aliphatic carbocycles. The number of carbonyl (C=O) groups is 2. The van der Waals surface area contributed by atoms with E-state index in [0.717, 1.165) is 0 Å². The number of rotatable bonds is 3. The summed E-state index contributed by atoms with van der Waals surface area (Å²) in [5.41, 5.74) is 0.226. The molecule has 2 rings (SSSR count). The number of carbonyl (C=O) groups excluding carboxylic acids is 1. The van der Waals surface area contributed by atoms with Crippen LogP contribution in [0.5, 0.6) is 0 Å². The number of aliphatic carboxylic acids is 1. The normalized spacial score (nSPS) is 18.3. The van der Waals surface area contributed by atoms with Gasteiger partial charge in [-0.3, -0.25) is 19.7 Å². The maximum Gasteiger partial charge on any atom is 0.308 e. The first-order valence-electron chi connectivity index (χ1n) is 6.68. The Morgan fingerprint density at radius 2 is 2.14 bits per heavy atom. The highest BCUT2D eigenvalue weighted by molar-refractivity contribution is 5.99. The predicted molar refractivity (Wildman–Crippen MR) is 74.1 cm³/mol. The van der Waals surface area contributed by atoms with Gasteiger partial charge in [0.25, 0.3) is 11.6 Å². The van der Waals surface area contributed by atoms with Gasteiger partial charge in [0.15, 0.2) is 0 Å². The largest absolute Gasteiger partial charge is 0.481 e. The Labute approximate surface area is 121 Å². The molecular formula is C14H16N2O5. The van der Waals surface area contributed by atoms with Crippen LogP contribution in [0.3, 0.4) is 0 Å². The van der Waals surface area contributed by atoms with E-state index in [4.69, 9.17) is 5.11 Å². The first-order chi connectivity index (χ1) is 9.91. The SMILES string of the molecule is Cc1cccc(C(=O)N2CCCC(C(=O)O)C2)c1[N+](=O)[O-]. The number of aryl methyl sites for hydroxylation is 1. The van der Waals surface area contributed by atoms with Gasteiger partial charge in [-0.25, -0.2) is 0 Å². The van der Waals surface area contributed by atoms with Gasteiger partial charge in [-0.1, -0.05) is 12.1 Å². The van der Waals surface area contributed by atoms with E-state index in [1.165, 1.54) is 11.0 Å². The highest BCUT2D eigenvalue weighted by Crippen LogP contribution is 2.26. The molecule has 1 aliphatic rings. The summed E-state index contributed by atoms with van der Waals surface area (Å²) in [4.78, 5) is 35.5. The van der Waals surface area contributed by atoms with Crippen LogP contribution in [0.1, 0.15) is 28.8 Å². The monoisotopic (exact) mass is 292 g/mol. The summed E-state index contributed by atoms with van der Waals surface area (Å²) in [5, 5.41) is 20.2. The molecule has 112 valence electrons. The number of nitro groups is 1. The number of likely N-dealkylation sites (tertiary alicyclic amines) is 1. The molecule has 1 aromatic carbocycles. The number of carboxylic acid groups (broad SMARTS) is 1. The van der Waals surface area contributed by atoms with E-state index in [9.17, 15) is 19.7 Å². The third kappa shape index (κ3) is 3.01. The van der Waals surface area contributed by atoms with Crippen molar-refractivity contribution in [2.45, 2.75) is 19.8 Å². The molecule has 0 saturated carbocycles. The molecule has 0 aromatic heterocycles. The minimum Gasteiger partial charge on any atom is -0.481 e. The average molecular weight is 292 g/mol. The molecule has 1 heterocycles. The molecule has 0 spiro atoms. The summed E-state index contributed by atoms with van der Waals surface area (Å²) in [6.07, 6.45) is 1.11. The maximum absolute atomic E-state index is 12.5. The van der Waals surface area contributed by atoms with Crippen LogP contribution >= 0.6 is 0 Å². The Bertz CT molecular complexity index is 599. The second kappa shape index (κ2) is 5.90. The van der Waals surface area contributed by atoms with Gasteiger partial charge in [-0.15, -0.1) is 0 Å². The number of carboxylic acids is 1. The molecule has 1 amide bonds. The van der Waals surface area contributed by atoms with Crippen LogP contribution in [0.25, 0.3) is 0 Å². The maximum atomic E-state index is 12.5. The van der Waals surface area contributed by atoms with Crippen molar-refractivity contribution in [1.82, 2.24) is 4.90 Å². The number of hydrogen-bond acceptors (Lipinski definition) is 4. The van der Waals surface area contributed by atoms with Gasteiger partial charge in [0.05, 0.1) is 10.8 Å². The fourth-order valence-corrected chi connectivity index (χ4v) is 2.61. The molecule has 0 bridgehead atoms. The van der Waals surface area contributed by atoms with Gasteiger partial charge in [0.1, 0.15) is 5.56 Å². The van der Waals surface area contributed by atoms with Crippen molar-refractivity contribution >= 4 is 17.6 Å². The van der Waals surface area contributed by atoms with Gasteiger partial charge < -0.3 is 10.0 Å². The third-order valence-electron chi connectivity index (χ3n) is 3.71. The second-order valence-electron chi connectivity index (χ2n) is 5.16. The zero-order chi connectivity index (χ0) is 15.6. The highest BCUT2D eigenvalue weighted by Gasteiger charge is 2.32. The molecule has 7 nitrogen and oxygen atoms in total. The third-order valence-corrected chi connectivity index (χ3v) is 3.71. The van der Waals surface area contributed by atoms with Crippen LogP contribution in [0.15, 0.2) is 18.2 Å². The molecule has 0 radical (unpaired) electrons. The van der Waals surface area contributed by atoms with Crippen LogP contribution in [0.2, 0.25) is 0 Å². The Balaban J connectivity index is 2.30. The van der Waals surface area contributed by atoms with Crippen LogP contribution in [0, 0.1) is 23.0 Å². The fraction of sp³-hybridized carbons (Fsp3) is 0.429. The second-order valence-corrected chi connectivity index (χ2v) is 5.16. The van der Waals surface area contributed by atoms with Crippen molar-refractivity contribution in [2.75, 3.05) is 13.1 Å². The van der Waals surface area contributed by atoms with Crippen molar-refractivity contribution in [3.05, 3.63) is 39.4 Å². The van der Waals surface area contributed by atoms with Gasteiger partial charge in [-0.05, 0) is 25.8 Å². The number of nitro benzene ring substituents is 1. The summed E-state index contributed by atoms with van der Waals surface area (Å²) in [5.74, 6) is -2.02. The summed E-state index contributed by atoms with van der Waals surface area (Å²) in [7, 11) is 0. The minimum atomic E-state index is -0.939. The number of amides is 1. The standard InChI is InChI=1S/C14H16N2O5/c1-9-4-2-6-11(12(9)16(20)21)13(17)15-7-3-5-10(8-15)14(18)19/h2,4,6,10H,3,5,7-8H2,1H3,(H,18,19). The molecule has 1 aromatic rings. The van der Waals surface area contributed by atoms with E-state index in [0.29, 0.717) is 24.9 Å². The van der Waals surface area contributed by atoms with Crippen molar-refractivity contribution in [3.63, 3.8) is 0 Å². The molecule has 7 heteroatoms. The summed E-state index contributed by atoms with van der Waals surface area (Å²) >= 11 is 0. The van der Waals surface area contributed by atoms with Gasteiger partial charge in [-0.2, -0.15) is 0 Å².